The largest absolute Gasteiger partial charge is 0.462 e. The third kappa shape index (κ3) is 4.58. The molecule has 0 bridgehead atoms. The second-order valence-electron chi connectivity index (χ2n) is 5.23. The number of hydrogen-bond donors (Lipinski definition) is 1. The molecule has 24 heavy (non-hydrogen) atoms. The Morgan fingerprint density at radius 3 is 2.54 bits per heavy atom. The van der Waals surface area contributed by atoms with Gasteiger partial charge in [-0.25, -0.2) is 4.79 Å². The van der Waals surface area contributed by atoms with Crippen LogP contribution in [0.2, 0.25) is 5.02 Å². The predicted molar refractivity (Wildman–Crippen MR) is 98.9 cm³/mol. The standard InChI is InChI=1S/C18H20ClNO3S/c1-3-5-6-15(21)20-17-16(18(22)23-4-2)14(11-24-17)12-7-9-13(19)10-8-12/h7-11H,3-6H2,1-2H3,(H,20,21). The van der Waals surface area contributed by atoms with Gasteiger partial charge in [0.25, 0.3) is 0 Å². The van der Waals surface area contributed by atoms with Crippen LogP contribution in [0.25, 0.3) is 11.1 Å². The van der Waals surface area contributed by atoms with Crippen molar-refractivity contribution in [3.8, 4) is 11.1 Å². The van der Waals surface area contributed by atoms with Crippen LogP contribution >= 0.6 is 22.9 Å². The van der Waals surface area contributed by atoms with E-state index in [0.717, 1.165) is 24.0 Å². The minimum Gasteiger partial charge on any atom is -0.462 e. The van der Waals surface area contributed by atoms with Gasteiger partial charge in [-0.05, 0) is 31.0 Å². The molecule has 1 amide bonds. The lowest BCUT2D eigenvalue weighted by molar-refractivity contribution is -0.116. The highest BCUT2D eigenvalue weighted by Crippen LogP contribution is 2.36. The molecule has 2 aromatic rings. The number of rotatable bonds is 7. The van der Waals surface area contributed by atoms with Gasteiger partial charge in [-0.15, -0.1) is 11.3 Å². The van der Waals surface area contributed by atoms with Crippen molar-refractivity contribution in [3.63, 3.8) is 0 Å². The summed E-state index contributed by atoms with van der Waals surface area (Å²) in [7, 11) is 0. The van der Waals surface area contributed by atoms with Crippen LogP contribution in [0.3, 0.4) is 0 Å². The summed E-state index contributed by atoms with van der Waals surface area (Å²) in [6.07, 6.45) is 2.20. The van der Waals surface area contributed by atoms with Gasteiger partial charge in [0.15, 0.2) is 0 Å². The minimum atomic E-state index is -0.436. The third-order valence-corrected chi connectivity index (χ3v) is 4.58. The van der Waals surface area contributed by atoms with Crippen molar-refractivity contribution in [2.24, 2.45) is 0 Å². The second kappa shape index (κ2) is 8.85. The zero-order valence-corrected chi connectivity index (χ0v) is 15.3. The van der Waals surface area contributed by atoms with Crippen LogP contribution in [-0.4, -0.2) is 18.5 Å². The molecule has 0 aliphatic heterocycles. The molecule has 0 unspecified atom stereocenters. The Labute approximate surface area is 150 Å². The van der Waals surface area contributed by atoms with Crippen LogP contribution < -0.4 is 5.32 Å². The molecule has 0 aliphatic rings. The summed E-state index contributed by atoms with van der Waals surface area (Å²) in [4.78, 5) is 24.4. The molecular weight excluding hydrogens is 346 g/mol. The van der Waals surface area contributed by atoms with E-state index in [1.807, 2.05) is 24.4 Å². The van der Waals surface area contributed by atoms with Gasteiger partial charge in [-0.2, -0.15) is 0 Å². The fourth-order valence-corrected chi connectivity index (χ4v) is 3.32. The molecule has 1 aromatic heterocycles. The number of benzene rings is 1. The van der Waals surface area contributed by atoms with Crippen molar-refractivity contribution in [2.75, 3.05) is 11.9 Å². The molecule has 128 valence electrons. The molecule has 1 N–H and O–H groups in total. The lowest BCUT2D eigenvalue weighted by Crippen LogP contribution is -2.14. The van der Waals surface area contributed by atoms with Crippen molar-refractivity contribution >= 4 is 39.8 Å². The Kier molecular flexibility index (Phi) is 6.82. The number of halogens is 1. The van der Waals surface area contributed by atoms with Crippen LogP contribution in [-0.2, 0) is 9.53 Å². The van der Waals surface area contributed by atoms with Gasteiger partial charge in [-0.3, -0.25) is 4.79 Å². The summed E-state index contributed by atoms with van der Waals surface area (Å²) in [6.45, 7) is 4.06. The highest BCUT2D eigenvalue weighted by atomic mass is 35.5. The maximum Gasteiger partial charge on any atom is 0.341 e. The first-order valence-electron chi connectivity index (χ1n) is 7.91. The number of nitrogens with one attached hydrogen (secondary N) is 1. The van der Waals surface area contributed by atoms with E-state index >= 15 is 0 Å². The number of amides is 1. The highest BCUT2D eigenvalue weighted by Gasteiger charge is 2.22. The smallest absolute Gasteiger partial charge is 0.341 e. The van der Waals surface area contributed by atoms with E-state index in [4.69, 9.17) is 16.3 Å². The van der Waals surface area contributed by atoms with E-state index in [2.05, 4.69) is 5.32 Å². The third-order valence-electron chi connectivity index (χ3n) is 3.44. The molecule has 0 saturated heterocycles. The number of unbranched alkanes of at least 4 members (excludes halogenated alkanes) is 1. The Hall–Kier alpha value is -1.85. The van der Waals surface area contributed by atoms with E-state index in [1.54, 1.807) is 19.1 Å². The molecule has 1 heterocycles. The number of ether oxygens (including phenoxy) is 1. The minimum absolute atomic E-state index is 0.0908. The number of carbonyl (C=O) groups excluding carboxylic acids is 2. The second-order valence-corrected chi connectivity index (χ2v) is 6.55. The predicted octanol–water partition coefficient (Wildman–Crippen LogP) is 5.37. The summed E-state index contributed by atoms with van der Waals surface area (Å²) in [5, 5.41) is 5.84. The van der Waals surface area contributed by atoms with Crippen molar-refractivity contribution < 1.29 is 14.3 Å². The Bertz CT molecular complexity index is 710. The molecule has 0 radical (unpaired) electrons. The fourth-order valence-electron chi connectivity index (χ4n) is 2.22. The first-order valence-corrected chi connectivity index (χ1v) is 9.17. The maximum absolute atomic E-state index is 12.4. The highest BCUT2D eigenvalue weighted by molar-refractivity contribution is 7.15. The van der Waals surface area contributed by atoms with Crippen molar-refractivity contribution in [1.82, 2.24) is 0 Å². The molecule has 0 spiro atoms. The van der Waals surface area contributed by atoms with E-state index in [0.29, 0.717) is 22.0 Å². The molecule has 0 fully saturated rings. The molecule has 4 nitrogen and oxygen atoms in total. The van der Waals surface area contributed by atoms with Gasteiger partial charge in [0.05, 0.1) is 6.61 Å². The SMILES string of the molecule is CCCCC(=O)Nc1scc(-c2ccc(Cl)cc2)c1C(=O)OCC. The van der Waals surface area contributed by atoms with E-state index in [9.17, 15) is 9.59 Å². The Morgan fingerprint density at radius 2 is 1.92 bits per heavy atom. The lowest BCUT2D eigenvalue weighted by Gasteiger charge is -2.09. The first-order chi connectivity index (χ1) is 11.6. The van der Waals surface area contributed by atoms with Gasteiger partial charge in [-0.1, -0.05) is 37.1 Å². The van der Waals surface area contributed by atoms with Gasteiger partial charge in [0.1, 0.15) is 10.6 Å². The van der Waals surface area contributed by atoms with E-state index < -0.39 is 5.97 Å². The summed E-state index contributed by atoms with van der Waals surface area (Å²) in [5.74, 6) is -0.526. The molecule has 1 aromatic carbocycles. The Morgan fingerprint density at radius 1 is 1.21 bits per heavy atom. The average Bonchev–Trinajstić information content (AvgIpc) is 2.97. The zero-order chi connectivity index (χ0) is 17.5. The van der Waals surface area contributed by atoms with Gasteiger partial charge >= 0.3 is 5.97 Å². The van der Waals surface area contributed by atoms with Crippen molar-refractivity contribution in [2.45, 2.75) is 33.1 Å². The number of thiophene rings is 1. The van der Waals surface area contributed by atoms with Crippen LogP contribution in [0.5, 0.6) is 0 Å². The average molecular weight is 366 g/mol. The number of esters is 1. The number of anilines is 1. The Balaban J connectivity index is 2.35. The number of hydrogen-bond acceptors (Lipinski definition) is 4. The van der Waals surface area contributed by atoms with Crippen LogP contribution in [0.4, 0.5) is 5.00 Å². The number of carbonyl (C=O) groups is 2. The molecule has 0 aliphatic carbocycles. The molecule has 6 heteroatoms. The van der Waals surface area contributed by atoms with Gasteiger partial charge < -0.3 is 10.1 Å². The quantitative estimate of drug-likeness (QED) is 0.670. The summed E-state index contributed by atoms with van der Waals surface area (Å²) in [6, 6.07) is 7.22. The summed E-state index contributed by atoms with van der Waals surface area (Å²) >= 11 is 7.25. The van der Waals surface area contributed by atoms with Crippen molar-refractivity contribution in [3.05, 3.63) is 40.2 Å². The molecule has 0 saturated carbocycles. The normalized spacial score (nSPS) is 10.5. The van der Waals surface area contributed by atoms with Crippen LogP contribution in [0, 0.1) is 0 Å². The first kappa shape index (κ1) is 18.5. The molecule has 2 rings (SSSR count). The fraction of sp³-hybridized carbons (Fsp3) is 0.333. The maximum atomic E-state index is 12.4. The molecular formula is C18H20ClNO3S. The van der Waals surface area contributed by atoms with Crippen LogP contribution in [0.1, 0.15) is 43.5 Å². The van der Waals surface area contributed by atoms with Crippen molar-refractivity contribution in [1.29, 1.82) is 0 Å². The lowest BCUT2D eigenvalue weighted by atomic mass is 10.0. The molecule has 0 atom stereocenters. The van der Waals surface area contributed by atoms with Crippen LogP contribution in [0.15, 0.2) is 29.6 Å². The van der Waals surface area contributed by atoms with E-state index in [1.165, 1.54) is 11.3 Å². The summed E-state index contributed by atoms with van der Waals surface area (Å²) < 4.78 is 5.17. The van der Waals surface area contributed by atoms with Gasteiger partial charge in [0, 0.05) is 22.4 Å². The van der Waals surface area contributed by atoms with Gasteiger partial charge in [0.2, 0.25) is 5.91 Å². The topological polar surface area (TPSA) is 55.4 Å². The van der Waals surface area contributed by atoms with E-state index in [-0.39, 0.29) is 12.5 Å². The zero-order valence-electron chi connectivity index (χ0n) is 13.7. The summed E-state index contributed by atoms with van der Waals surface area (Å²) in [5.41, 5.74) is 1.99. The monoisotopic (exact) mass is 365 g/mol.